The third-order valence-electron chi connectivity index (χ3n) is 7.01. The first-order chi connectivity index (χ1) is 22.8. The zero-order valence-corrected chi connectivity index (χ0v) is 26.6. The second-order valence-electron chi connectivity index (χ2n) is 11.3. The molecular formula is C33H34F6N4O6. The Balaban J connectivity index is 1.76. The van der Waals surface area contributed by atoms with E-state index in [2.05, 4.69) is 10.6 Å². The zero-order valence-electron chi connectivity index (χ0n) is 26.6. The van der Waals surface area contributed by atoms with Crippen LogP contribution in [-0.2, 0) is 33.2 Å². The molecule has 264 valence electrons. The normalized spacial score (nSPS) is 11.6. The van der Waals surface area contributed by atoms with Gasteiger partial charge in [-0.3, -0.25) is 14.4 Å². The molecule has 0 aliphatic carbocycles. The molecule has 0 heterocycles. The summed E-state index contributed by atoms with van der Waals surface area (Å²) >= 11 is 0. The van der Waals surface area contributed by atoms with E-state index in [1.807, 2.05) is 13.8 Å². The number of para-hydroxylation sites is 2. The minimum atomic E-state index is -5.11. The van der Waals surface area contributed by atoms with E-state index >= 15 is 0 Å². The highest BCUT2D eigenvalue weighted by atomic mass is 19.4. The van der Waals surface area contributed by atoms with E-state index in [4.69, 9.17) is 9.84 Å². The van der Waals surface area contributed by atoms with E-state index in [9.17, 15) is 45.5 Å². The summed E-state index contributed by atoms with van der Waals surface area (Å²) in [6, 6.07) is 12.2. The number of aliphatic carboxylic acids is 1. The number of hydrogen-bond acceptors (Lipinski definition) is 5. The van der Waals surface area contributed by atoms with Crippen LogP contribution in [-0.4, -0.2) is 55.7 Å². The number of carbonyl (C=O) groups is 4. The number of benzene rings is 3. The van der Waals surface area contributed by atoms with Gasteiger partial charge in [0.15, 0.2) is 6.61 Å². The molecular weight excluding hydrogens is 662 g/mol. The van der Waals surface area contributed by atoms with Gasteiger partial charge >= 0.3 is 24.4 Å². The van der Waals surface area contributed by atoms with Gasteiger partial charge in [0, 0.05) is 25.0 Å². The molecule has 4 amide bonds. The van der Waals surface area contributed by atoms with Gasteiger partial charge in [0.25, 0.3) is 5.91 Å². The lowest BCUT2D eigenvalue weighted by Gasteiger charge is -2.26. The van der Waals surface area contributed by atoms with Gasteiger partial charge in [-0.15, -0.1) is 0 Å². The largest absolute Gasteiger partial charge is 0.482 e. The topological polar surface area (TPSA) is 128 Å². The van der Waals surface area contributed by atoms with Crippen LogP contribution in [0.4, 0.5) is 48.2 Å². The Bertz CT molecular complexity index is 1630. The van der Waals surface area contributed by atoms with E-state index in [0.29, 0.717) is 34.7 Å². The summed E-state index contributed by atoms with van der Waals surface area (Å²) in [5.74, 6) is -2.45. The molecule has 16 heteroatoms. The summed E-state index contributed by atoms with van der Waals surface area (Å²) < 4.78 is 85.7. The highest BCUT2D eigenvalue weighted by molar-refractivity contribution is 5.99. The van der Waals surface area contributed by atoms with E-state index in [1.54, 1.807) is 18.2 Å². The minimum Gasteiger partial charge on any atom is -0.482 e. The van der Waals surface area contributed by atoms with Crippen molar-refractivity contribution in [3.05, 3.63) is 83.4 Å². The zero-order chi connectivity index (χ0) is 36.5. The first-order valence-corrected chi connectivity index (χ1v) is 14.8. The van der Waals surface area contributed by atoms with Crippen molar-refractivity contribution in [1.82, 2.24) is 5.32 Å². The number of carbonyl (C=O) groups excluding carboxylic acids is 3. The number of rotatable bonds is 13. The quantitative estimate of drug-likeness (QED) is 0.173. The summed E-state index contributed by atoms with van der Waals surface area (Å²) in [6.07, 6.45) is -9.96. The highest BCUT2D eigenvalue weighted by Gasteiger charge is 2.37. The number of carboxylic acid groups (broad SMARTS) is 1. The molecule has 3 rings (SSSR count). The maximum absolute atomic E-state index is 13.4. The van der Waals surface area contributed by atoms with Crippen LogP contribution < -0.4 is 25.2 Å². The van der Waals surface area contributed by atoms with Crippen molar-refractivity contribution in [2.45, 2.75) is 39.0 Å². The molecule has 3 aromatic carbocycles. The standard InChI is InChI=1S/C33H34F6N4O6/c1-20(2)11-12-43(28(44)18-40-31(48)41-24-8-6-7-21(13-24)14-30(46)47)26-9-4-5-10-27(26)49-19-29(45)42(3)25-16-22(32(34,35)36)15-23(17-25)33(37,38)39/h4-10,13,15-17,20H,11-12,14,18-19H2,1-3H3,(H,46,47)(H2,40,41,48). The molecule has 0 radical (unpaired) electrons. The Labute approximate surface area is 277 Å². The van der Waals surface area contributed by atoms with Crippen molar-refractivity contribution in [2.24, 2.45) is 5.92 Å². The van der Waals surface area contributed by atoms with Gasteiger partial charge in [0.05, 0.1) is 29.8 Å². The Hall–Kier alpha value is -5.28. The molecule has 0 spiro atoms. The number of carboxylic acids is 1. The van der Waals surface area contributed by atoms with Crippen LogP contribution in [0.25, 0.3) is 0 Å². The molecule has 0 aromatic heterocycles. The fourth-order valence-corrected chi connectivity index (χ4v) is 4.44. The minimum absolute atomic E-state index is 0.0149. The number of nitrogens with zero attached hydrogens (tertiary/aromatic N) is 2. The Morgan fingerprint density at radius 3 is 2.08 bits per heavy atom. The smallest absolute Gasteiger partial charge is 0.416 e. The Morgan fingerprint density at radius 1 is 0.857 bits per heavy atom. The number of amides is 4. The predicted octanol–water partition coefficient (Wildman–Crippen LogP) is 6.59. The lowest BCUT2D eigenvalue weighted by molar-refractivity contribution is -0.143. The number of anilines is 3. The highest BCUT2D eigenvalue weighted by Crippen LogP contribution is 2.38. The fraction of sp³-hybridized carbons (Fsp3) is 0.333. The second kappa shape index (κ2) is 16.2. The van der Waals surface area contributed by atoms with Crippen molar-refractivity contribution in [1.29, 1.82) is 0 Å². The first-order valence-electron chi connectivity index (χ1n) is 14.8. The molecule has 0 saturated heterocycles. The van der Waals surface area contributed by atoms with Gasteiger partial charge in [-0.1, -0.05) is 38.1 Å². The molecule has 0 fully saturated rings. The van der Waals surface area contributed by atoms with Crippen LogP contribution in [0.3, 0.4) is 0 Å². The van der Waals surface area contributed by atoms with Gasteiger partial charge in [0.1, 0.15) is 5.75 Å². The lowest BCUT2D eigenvalue weighted by Crippen LogP contribution is -2.42. The van der Waals surface area contributed by atoms with Gasteiger partial charge < -0.3 is 30.3 Å². The van der Waals surface area contributed by atoms with E-state index in [0.717, 1.165) is 7.05 Å². The lowest BCUT2D eigenvalue weighted by atomic mass is 10.1. The summed E-state index contributed by atoms with van der Waals surface area (Å²) in [4.78, 5) is 51.8. The number of ether oxygens (including phenoxy) is 1. The van der Waals surface area contributed by atoms with Crippen LogP contribution in [0.1, 0.15) is 37.0 Å². The average molecular weight is 697 g/mol. The molecule has 3 N–H and O–H groups in total. The fourth-order valence-electron chi connectivity index (χ4n) is 4.44. The van der Waals surface area contributed by atoms with Gasteiger partial charge in [-0.25, -0.2) is 4.79 Å². The van der Waals surface area contributed by atoms with Crippen molar-refractivity contribution in [3.63, 3.8) is 0 Å². The molecule has 0 saturated carbocycles. The number of urea groups is 1. The van der Waals surface area contributed by atoms with Crippen LogP contribution in [0.15, 0.2) is 66.7 Å². The van der Waals surface area contributed by atoms with Crippen molar-refractivity contribution < 1.29 is 55.4 Å². The van der Waals surface area contributed by atoms with Crippen molar-refractivity contribution in [2.75, 3.05) is 41.9 Å². The molecule has 10 nitrogen and oxygen atoms in total. The second-order valence-corrected chi connectivity index (χ2v) is 11.3. The van der Waals surface area contributed by atoms with Gasteiger partial charge in [-0.2, -0.15) is 26.3 Å². The maximum Gasteiger partial charge on any atom is 0.416 e. The van der Waals surface area contributed by atoms with Crippen LogP contribution in [0, 0.1) is 5.92 Å². The monoisotopic (exact) mass is 696 g/mol. The number of hydrogen-bond donors (Lipinski definition) is 3. The van der Waals surface area contributed by atoms with Crippen LogP contribution >= 0.6 is 0 Å². The predicted molar refractivity (Wildman–Crippen MR) is 168 cm³/mol. The maximum atomic E-state index is 13.4. The molecule has 0 aliphatic heterocycles. The van der Waals surface area contributed by atoms with Crippen LogP contribution in [0.2, 0.25) is 0 Å². The molecule has 3 aromatic rings. The third-order valence-corrected chi connectivity index (χ3v) is 7.01. The third kappa shape index (κ3) is 11.4. The average Bonchev–Trinajstić information content (AvgIpc) is 3.01. The summed E-state index contributed by atoms with van der Waals surface area (Å²) in [6.45, 7) is 2.71. The summed E-state index contributed by atoms with van der Waals surface area (Å²) in [5.41, 5.74) is -2.88. The van der Waals surface area contributed by atoms with E-state index in [1.165, 1.54) is 35.2 Å². The van der Waals surface area contributed by atoms with E-state index in [-0.39, 0.29) is 36.4 Å². The molecule has 0 atom stereocenters. The Morgan fingerprint density at radius 2 is 1.49 bits per heavy atom. The number of halogens is 6. The Kier molecular flexibility index (Phi) is 12.6. The molecule has 0 aliphatic rings. The van der Waals surface area contributed by atoms with Crippen molar-refractivity contribution >= 4 is 40.9 Å². The molecule has 0 bridgehead atoms. The van der Waals surface area contributed by atoms with E-state index < -0.39 is 66.1 Å². The van der Waals surface area contributed by atoms with Gasteiger partial charge in [0.2, 0.25) is 5.91 Å². The number of nitrogens with one attached hydrogen (secondary N) is 2. The van der Waals surface area contributed by atoms with Crippen LogP contribution in [0.5, 0.6) is 5.75 Å². The number of alkyl halides is 6. The summed E-state index contributed by atoms with van der Waals surface area (Å²) in [7, 11) is 1.00. The molecule has 49 heavy (non-hydrogen) atoms. The summed E-state index contributed by atoms with van der Waals surface area (Å²) in [5, 5.41) is 14.0. The van der Waals surface area contributed by atoms with Crippen molar-refractivity contribution in [3.8, 4) is 5.75 Å². The SMILES string of the molecule is CC(C)CCN(C(=O)CNC(=O)Nc1cccc(CC(=O)O)c1)c1ccccc1OCC(=O)N(C)c1cc(C(F)(F)F)cc(C(F)(F)F)c1. The molecule has 0 unspecified atom stereocenters. The van der Waals surface area contributed by atoms with Gasteiger partial charge in [-0.05, 0) is 60.4 Å². The first kappa shape index (κ1) is 38.2. The number of likely N-dealkylation sites (N-methyl/N-ethyl adjacent to an activating group) is 1.